The van der Waals surface area contributed by atoms with Crippen LogP contribution in [0.15, 0.2) is 30.3 Å². The van der Waals surface area contributed by atoms with Gasteiger partial charge in [-0.2, -0.15) is 0 Å². The molecule has 18 heavy (non-hydrogen) atoms. The van der Waals surface area contributed by atoms with Crippen LogP contribution in [0.4, 0.5) is 0 Å². The highest BCUT2D eigenvalue weighted by molar-refractivity contribution is 5.14. The van der Waals surface area contributed by atoms with Gasteiger partial charge in [-0.05, 0) is 61.8 Å². The summed E-state index contributed by atoms with van der Waals surface area (Å²) in [5.74, 6) is 2.42. The van der Waals surface area contributed by atoms with Gasteiger partial charge in [-0.25, -0.2) is 0 Å². The molecule has 0 radical (unpaired) electrons. The van der Waals surface area contributed by atoms with Gasteiger partial charge in [-0.15, -0.1) is 0 Å². The molecule has 3 rings (SSSR count). The Morgan fingerprint density at radius 3 is 2.61 bits per heavy atom. The Hall–Kier alpha value is -0.820. The number of fused-ring (bicyclic) bond motifs is 2. The lowest BCUT2D eigenvalue weighted by molar-refractivity contribution is 0.0659. The van der Waals surface area contributed by atoms with E-state index in [4.69, 9.17) is 0 Å². The number of aryl methyl sites for hydroxylation is 1. The van der Waals surface area contributed by atoms with E-state index in [9.17, 15) is 5.11 Å². The van der Waals surface area contributed by atoms with Crippen molar-refractivity contribution in [2.24, 2.45) is 17.8 Å². The number of hydrogen-bond acceptors (Lipinski definition) is 1. The summed E-state index contributed by atoms with van der Waals surface area (Å²) in [6.07, 6.45) is 8.70. The minimum atomic E-state index is -0.0380. The summed E-state index contributed by atoms with van der Waals surface area (Å²) in [7, 11) is 0. The molecule has 0 amide bonds. The van der Waals surface area contributed by atoms with Crippen LogP contribution in [-0.2, 0) is 6.42 Å². The maximum atomic E-state index is 10.3. The molecule has 1 heteroatoms. The molecule has 1 nitrogen and oxygen atoms in total. The summed E-state index contributed by atoms with van der Waals surface area (Å²) in [4.78, 5) is 0. The van der Waals surface area contributed by atoms with Gasteiger partial charge < -0.3 is 5.11 Å². The molecule has 0 heterocycles. The van der Waals surface area contributed by atoms with Crippen molar-refractivity contribution in [1.29, 1.82) is 0 Å². The van der Waals surface area contributed by atoms with E-state index in [1.54, 1.807) is 0 Å². The van der Waals surface area contributed by atoms with Crippen molar-refractivity contribution in [3.8, 4) is 0 Å². The van der Waals surface area contributed by atoms with E-state index in [-0.39, 0.29) is 6.10 Å². The largest absolute Gasteiger partial charge is 0.393 e. The van der Waals surface area contributed by atoms with E-state index >= 15 is 0 Å². The fourth-order valence-corrected chi connectivity index (χ4v) is 4.14. The number of hydrogen-bond donors (Lipinski definition) is 1. The van der Waals surface area contributed by atoms with E-state index in [2.05, 4.69) is 30.3 Å². The SMILES string of the molecule is OC(CCCc1ccccc1)C1CC2CCC1C2. The maximum absolute atomic E-state index is 10.3. The van der Waals surface area contributed by atoms with Crippen molar-refractivity contribution in [3.63, 3.8) is 0 Å². The fraction of sp³-hybridized carbons (Fsp3) is 0.647. The van der Waals surface area contributed by atoms with E-state index in [0.29, 0.717) is 5.92 Å². The molecule has 0 aromatic heterocycles. The highest BCUT2D eigenvalue weighted by atomic mass is 16.3. The Bertz CT molecular complexity index is 372. The van der Waals surface area contributed by atoms with Crippen molar-refractivity contribution in [2.45, 2.75) is 51.0 Å². The quantitative estimate of drug-likeness (QED) is 0.835. The Morgan fingerprint density at radius 1 is 1.11 bits per heavy atom. The van der Waals surface area contributed by atoms with Gasteiger partial charge in [0.2, 0.25) is 0 Å². The van der Waals surface area contributed by atoms with Crippen LogP contribution in [0.25, 0.3) is 0 Å². The summed E-state index contributed by atoms with van der Waals surface area (Å²) < 4.78 is 0. The standard InChI is InChI=1S/C17H24O/c18-17(16-12-14-9-10-15(16)11-14)8-4-7-13-5-2-1-3-6-13/h1-3,5-6,14-18H,4,7-12H2. The summed E-state index contributed by atoms with van der Waals surface area (Å²) in [5, 5.41) is 10.3. The molecule has 2 fully saturated rings. The second-order valence-corrected chi connectivity index (χ2v) is 6.28. The molecule has 1 aromatic rings. The lowest BCUT2D eigenvalue weighted by Gasteiger charge is -2.26. The Balaban J connectivity index is 1.43. The molecule has 98 valence electrons. The van der Waals surface area contributed by atoms with Crippen LogP contribution in [0.1, 0.15) is 44.1 Å². The monoisotopic (exact) mass is 244 g/mol. The maximum Gasteiger partial charge on any atom is 0.0571 e. The lowest BCUT2D eigenvalue weighted by atomic mass is 9.83. The minimum Gasteiger partial charge on any atom is -0.393 e. The molecule has 2 aliphatic carbocycles. The first-order chi connectivity index (χ1) is 8.83. The van der Waals surface area contributed by atoms with Crippen molar-refractivity contribution >= 4 is 0 Å². The third kappa shape index (κ3) is 2.61. The predicted octanol–water partition coefficient (Wildman–Crippen LogP) is 3.81. The first-order valence-electron chi connectivity index (χ1n) is 7.55. The number of aliphatic hydroxyl groups excluding tert-OH is 1. The zero-order chi connectivity index (χ0) is 12.4. The number of rotatable bonds is 5. The van der Waals surface area contributed by atoms with Gasteiger partial charge in [0.05, 0.1) is 6.10 Å². The molecular weight excluding hydrogens is 220 g/mol. The van der Waals surface area contributed by atoms with Crippen molar-refractivity contribution in [3.05, 3.63) is 35.9 Å². The third-order valence-corrected chi connectivity index (χ3v) is 5.10. The zero-order valence-electron chi connectivity index (χ0n) is 11.1. The fourth-order valence-electron chi connectivity index (χ4n) is 4.14. The van der Waals surface area contributed by atoms with Crippen LogP contribution < -0.4 is 0 Å². The summed E-state index contributed by atoms with van der Waals surface area (Å²) in [6.45, 7) is 0. The van der Waals surface area contributed by atoms with Crippen molar-refractivity contribution < 1.29 is 5.11 Å². The molecule has 4 unspecified atom stereocenters. The van der Waals surface area contributed by atoms with Crippen molar-refractivity contribution in [2.75, 3.05) is 0 Å². The lowest BCUT2D eigenvalue weighted by Crippen LogP contribution is -2.25. The summed E-state index contributed by atoms with van der Waals surface area (Å²) in [6, 6.07) is 10.6. The van der Waals surface area contributed by atoms with Crippen LogP contribution in [-0.4, -0.2) is 11.2 Å². The Morgan fingerprint density at radius 2 is 1.94 bits per heavy atom. The van der Waals surface area contributed by atoms with Gasteiger partial charge in [0, 0.05) is 0 Å². The summed E-state index contributed by atoms with van der Waals surface area (Å²) in [5.41, 5.74) is 1.40. The van der Waals surface area contributed by atoms with E-state index in [1.807, 2.05) is 0 Å². The smallest absolute Gasteiger partial charge is 0.0571 e. The predicted molar refractivity (Wildman–Crippen MR) is 74.3 cm³/mol. The van der Waals surface area contributed by atoms with E-state index in [1.165, 1.54) is 31.2 Å². The Kier molecular flexibility index (Phi) is 3.69. The van der Waals surface area contributed by atoms with Gasteiger partial charge in [0.1, 0.15) is 0 Å². The Labute approximate surface area is 110 Å². The molecule has 2 aliphatic rings. The first kappa shape index (κ1) is 12.2. The van der Waals surface area contributed by atoms with Gasteiger partial charge in [0.15, 0.2) is 0 Å². The van der Waals surface area contributed by atoms with E-state index < -0.39 is 0 Å². The highest BCUT2D eigenvalue weighted by Gasteiger charge is 2.42. The van der Waals surface area contributed by atoms with Crippen LogP contribution in [0, 0.1) is 17.8 Å². The molecule has 1 N–H and O–H groups in total. The third-order valence-electron chi connectivity index (χ3n) is 5.10. The molecule has 2 bridgehead atoms. The molecule has 0 saturated heterocycles. The second-order valence-electron chi connectivity index (χ2n) is 6.28. The second kappa shape index (κ2) is 5.44. The van der Waals surface area contributed by atoms with Gasteiger partial charge in [0.25, 0.3) is 0 Å². The van der Waals surface area contributed by atoms with Crippen LogP contribution in [0.3, 0.4) is 0 Å². The molecule has 2 saturated carbocycles. The molecule has 0 spiro atoms. The van der Waals surface area contributed by atoms with Crippen LogP contribution in [0.2, 0.25) is 0 Å². The normalized spacial score (nSPS) is 31.7. The zero-order valence-corrected chi connectivity index (χ0v) is 11.1. The topological polar surface area (TPSA) is 20.2 Å². The number of aliphatic hydroxyl groups is 1. The average molecular weight is 244 g/mol. The van der Waals surface area contributed by atoms with Crippen LogP contribution >= 0.6 is 0 Å². The number of benzene rings is 1. The minimum absolute atomic E-state index is 0.0380. The molecular formula is C17H24O. The van der Waals surface area contributed by atoms with E-state index in [0.717, 1.165) is 31.1 Å². The average Bonchev–Trinajstić information content (AvgIpc) is 3.02. The summed E-state index contributed by atoms with van der Waals surface area (Å²) >= 11 is 0. The van der Waals surface area contributed by atoms with Gasteiger partial charge in [-0.3, -0.25) is 0 Å². The van der Waals surface area contributed by atoms with Crippen molar-refractivity contribution in [1.82, 2.24) is 0 Å². The van der Waals surface area contributed by atoms with Crippen LogP contribution in [0.5, 0.6) is 0 Å². The molecule has 0 aliphatic heterocycles. The van der Waals surface area contributed by atoms with Gasteiger partial charge in [-0.1, -0.05) is 36.8 Å². The highest BCUT2D eigenvalue weighted by Crippen LogP contribution is 2.50. The molecule has 4 atom stereocenters. The van der Waals surface area contributed by atoms with Gasteiger partial charge >= 0.3 is 0 Å². The molecule has 1 aromatic carbocycles. The first-order valence-corrected chi connectivity index (χ1v) is 7.55.